The molecule has 3 heteroatoms. The van der Waals surface area contributed by atoms with Crippen molar-refractivity contribution >= 4 is 5.91 Å². The molecule has 0 aromatic rings. The fourth-order valence-electron chi connectivity index (χ4n) is 5.09. The van der Waals surface area contributed by atoms with Gasteiger partial charge >= 0.3 is 0 Å². The summed E-state index contributed by atoms with van der Waals surface area (Å²) in [6, 6.07) is 0.309. The Morgan fingerprint density at radius 3 is 2.78 bits per heavy atom. The molecule has 0 heterocycles. The average Bonchev–Trinajstić information content (AvgIpc) is 2.86. The molecule has 3 saturated carbocycles. The third-order valence-electron chi connectivity index (χ3n) is 5.61. The van der Waals surface area contributed by atoms with Crippen LogP contribution in [-0.4, -0.2) is 23.2 Å². The Kier molecular flexibility index (Phi) is 2.97. The summed E-state index contributed by atoms with van der Waals surface area (Å²) in [6.45, 7) is 5.80. The molecule has 0 spiro atoms. The number of nitrogens with one attached hydrogen (secondary N) is 1. The fourth-order valence-corrected chi connectivity index (χ4v) is 5.09. The maximum absolute atomic E-state index is 11.4. The molecule has 0 aliphatic heterocycles. The standard InChI is InChI=1S/C15H23NO2/c1-3-14(18)16-10-4-8(2)15-11(7-10)9-5-12(15)13(17)6-9/h3,8-13,15,17H,1,4-7H2,2H3,(H,16,18). The Hall–Kier alpha value is -0.830. The van der Waals surface area contributed by atoms with Crippen LogP contribution in [0.5, 0.6) is 0 Å². The highest BCUT2D eigenvalue weighted by atomic mass is 16.3. The Bertz CT molecular complexity index is 368. The summed E-state index contributed by atoms with van der Waals surface area (Å²) in [5.74, 6) is 3.21. The second kappa shape index (κ2) is 4.37. The van der Waals surface area contributed by atoms with Gasteiger partial charge in [0.05, 0.1) is 6.10 Å². The van der Waals surface area contributed by atoms with Crippen molar-refractivity contribution in [1.29, 1.82) is 0 Å². The lowest BCUT2D eigenvalue weighted by molar-refractivity contribution is -0.118. The summed E-state index contributed by atoms with van der Waals surface area (Å²) in [5.41, 5.74) is 0. The van der Waals surface area contributed by atoms with Gasteiger partial charge in [-0.15, -0.1) is 0 Å². The lowest BCUT2D eigenvalue weighted by atomic mass is 9.64. The van der Waals surface area contributed by atoms with E-state index >= 15 is 0 Å². The van der Waals surface area contributed by atoms with Crippen LogP contribution in [0.1, 0.15) is 32.6 Å². The molecular weight excluding hydrogens is 226 g/mol. The van der Waals surface area contributed by atoms with Gasteiger partial charge < -0.3 is 10.4 Å². The van der Waals surface area contributed by atoms with Crippen molar-refractivity contribution in [3.05, 3.63) is 12.7 Å². The van der Waals surface area contributed by atoms with Crippen LogP contribution in [0.2, 0.25) is 0 Å². The zero-order valence-corrected chi connectivity index (χ0v) is 11.0. The van der Waals surface area contributed by atoms with Gasteiger partial charge in [0, 0.05) is 6.04 Å². The van der Waals surface area contributed by atoms with E-state index in [1.54, 1.807) is 0 Å². The van der Waals surface area contributed by atoms with Crippen molar-refractivity contribution in [1.82, 2.24) is 5.32 Å². The molecule has 7 unspecified atom stereocenters. The van der Waals surface area contributed by atoms with E-state index < -0.39 is 0 Å². The number of aliphatic hydroxyl groups excluding tert-OH is 1. The van der Waals surface area contributed by atoms with Crippen LogP contribution in [0.4, 0.5) is 0 Å². The summed E-state index contributed by atoms with van der Waals surface area (Å²) >= 11 is 0. The molecule has 0 aromatic heterocycles. The van der Waals surface area contributed by atoms with Crippen molar-refractivity contribution in [3.63, 3.8) is 0 Å². The topological polar surface area (TPSA) is 49.3 Å². The zero-order valence-electron chi connectivity index (χ0n) is 11.0. The lowest BCUT2D eigenvalue weighted by Crippen LogP contribution is -2.47. The van der Waals surface area contributed by atoms with E-state index in [-0.39, 0.29) is 12.0 Å². The first-order valence-electron chi connectivity index (χ1n) is 7.21. The highest BCUT2D eigenvalue weighted by molar-refractivity contribution is 5.87. The Morgan fingerprint density at radius 1 is 1.28 bits per heavy atom. The summed E-state index contributed by atoms with van der Waals surface area (Å²) < 4.78 is 0. The average molecular weight is 249 g/mol. The van der Waals surface area contributed by atoms with E-state index in [2.05, 4.69) is 18.8 Å². The normalized spacial score (nSPS) is 49.8. The van der Waals surface area contributed by atoms with E-state index in [4.69, 9.17) is 0 Å². The van der Waals surface area contributed by atoms with Gasteiger partial charge in [0.15, 0.2) is 0 Å². The number of rotatable bonds is 2. The van der Waals surface area contributed by atoms with E-state index in [9.17, 15) is 9.90 Å². The molecule has 7 atom stereocenters. The molecule has 3 fully saturated rings. The minimum absolute atomic E-state index is 0.0474. The Balaban J connectivity index is 1.71. The van der Waals surface area contributed by atoms with Crippen molar-refractivity contribution in [2.24, 2.45) is 29.6 Å². The Morgan fingerprint density at radius 2 is 2.06 bits per heavy atom. The van der Waals surface area contributed by atoms with Gasteiger partial charge in [-0.2, -0.15) is 0 Å². The maximum atomic E-state index is 11.4. The van der Waals surface area contributed by atoms with Gasteiger partial charge in [0.2, 0.25) is 5.91 Å². The molecular formula is C15H23NO2. The molecule has 0 radical (unpaired) electrons. The number of hydrogen-bond donors (Lipinski definition) is 2. The number of fused-ring (bicyclic) bond motifs is 5. The lowest BCUT2D eigenvalue weighted by Gasteiger charge is -2.44. The van der Waals surface area contributed by atoms with E-state index in [1.165, 1.54) is 12.5 Å². The summed E-state index contributed by atoms with van der Waals surface area (Å²) in [6.07, 6.45) is 5.66. The zero-order chi connectivity index (χ0) is 12.9. The predicted molar refractivity (Wildman–Crippen MR) is 69.7 cm³/mol. The van der Waals surface area contributed by atoms with Gasteiger partial charge in [0.25, 0.3) is 0 Å². The molecule has 3 nitrogen and oxygen atoms in total. The van der Waals surface area contributed by atoms with Gasteiger partial charge in [-0.3, -0.25) is 4.79 Å². The molecule has 2 bridgehead atoms. The molecule has 18 heavy (non-hydrogen) atoms. The number of carbonyl (C=O) groups is 1. The monoisotopic (exact) mass is 249 g/mol. The molecule has 3 aliphatic carbocycles. The van der Waals surface area contributed by atoms with Crippen molar-refractivity contribution in [2.45, 2.75) is 44.8 Å². The van der Waals surface area contributed by atoms with Crippen LogP contribution in [0.25, 0.3) is 0 Å². The second-order valence-corrected chi connectivity index (χ2v) is 6.56. The van der Waals surface area contributed by atoms with Crippen LogP contribution in [0, 0.1) is 29.6 Å². The first kappa shape index (κ1) is 12.2. The highest BCUT2D eigenvalue weighted by Gasteiger charge is 2.55. The van der Waals surface area contributed by atoms with Crippen molar-refractivity contribution in [3.8, 4) is 0 Å². The van der Waals surface area contributed by atoms with E-state index in [0.29, 0.717) is 29.7 Å². The van der Waals surface area contributed by atoms with Crippen LogP contribution >= 0.6 is 0 Å². The fraction of sp³-hybridized carbons (Fsp3) is 0.800. The molecule has 3 rings (SSSR count). The van der Waals surface area contributed by atoms with Gasteiger partial charge in [-0.25, -0.2) is 0 Å². The van der Waals surface area contributed by atoms with Crippen molar-refractivity contribution in [2.75, 3.05) is 0 Å². The van der Waals surface area contributed by atoms with Crippen LogP contribution in [-0.2, 0) is 4.79 Å². The van der Waals surface area contributed by atoms with E-state index in [1.807, 2.05) is 0 Å². The van der Waals surface area contributed by atoms with Gasteiger partial charge in [-0.05, 0) is 61.3 Å². The molecule has 3 aliphatic rings. The second-order valence-electron chi connectivity index (χ2n) is 6.56. The quantitative estimate of drug-likeness (QED) is 0.732. The molecule has 1 amide bonds. The maximum Gasteiger partial charge on any atom is 0.243 e. The molecule has 100 valence electrons. The summed E-state index contributed by atoms with van der Waals surface area (Å²) in [5, 5.41) is 13.1. The summed E-state index contributed by atoms with van der Waals surface area (Å²) in [4.78, 5) is 11.4. The largest absolute Gasteiger partial charge is 0.393 e. The van der Waals surface area contributed by atoms with Crippen molar-refractivity contribution < 1.29 is 9.90 Å². The predicted octanol–water partition coefficient (Wildman–Crippen LogP) is 1.72. The minimum atomic E-state index is -0.0574. The third-order valence-corrected chi connectivity index (χ3v) is 5.61. The summed E-state index contributed by atoms with van der Waals surface area (Å²) in [7, 11) is 0. The number of amides is 1. The minimum Gasteiger partial charge on any atom is -0.393 e. The molecule has 2 N–H and O–H groups in total. The molecule has 0 saturated heterocycles. The third kappa shape index (κ3) is 1.80. The van der Waals surface area contributed by atoms with Crippen LogP contribution in [0.3, 0.4) is 0 Å². The van der Waals surface area contributed by atoms with E-state index in [0.717, 1.165) is 25.2 Å². The molecule has 0 aromatic carbocycles. The number of aliphatic hydroxyl groups is 1. The SMILES string of the molecule is C=CC(=O)NC1CC(C)C2C3CC(CC3O)C2C1. The van der Waals surface area contributed by atoms with Gasteiger partial charge in [0.1, 0.15) is 0 Å². The van der Waals surface area contributed by atoms with Gasteiger partial charge in [-0.1, -0.05) is 13.5 Å². The Labute approximate surface area is 109 Å². The highest BCUT2D eigenvalue weighted by Crippen LogP contribution is 2.58. The first-order chi connectivity index (χ1) is 8.60. The smallest absolute Gasteiger partial charge is 0.243 e. The number of hydrogen-bond acceptors (Lipinski definition) is 2. The number of carbonyl (C=O) groups excluding carboxylic acids is 1. The first-order valence-corrected chi connectivity index (χ1v) is 7.21. The van der Waals surface area contributed by atoms with Crippen LogP contribution < -0.4 is 5.32 Å². The van der Waals surface area contributed by atoms with Crippen LogP contribution in [0.15, 0.2) is 12.7 Å².